The van der Waals surface area contributed by atoms with Crippen LogP contribution in [0.1, 0.15) is 24.5 Å². The third-order valence-corrected chi connectivity index (χ3v) is 4.81. The highest BCUT2D eigenvalue weighted by Crippen LogP contribution is 2.36. The molecule has 6 nitrogen and oxygen atoms in total. The van der Waals surface area contributed by atoms with Crippen LogP contribution < -0.4 is 14.2 Å². The summed E-state index contributed by atoms with van der Waals surface area (Å²) < 4.78 is 61.0. The van der Waals surface area contributed by atoms with Crippen molar-refractivity contribution < 1.29 is 32.1 Å². The summed E-state index contributed by atoms with van der Waals surface area (Å²) in [5, 5.41) is 0.184. The van der Waals surface area contributed by atoms with Crippen LogP contribution in [-0.4, -0.2) is 36.9 Å². The van der Waals surface area contributed by atoms with Gasteiger partial charge >= 0.3 is 6.18 Å². The van der Waals surface area contributed by atoms with Crippen molar-refractivity contribution in [1.82, 2.24) is 4.98 Å². The lowest BCUT2D eigenvalue weighted by Gasteiger charge is -2.22. The third-order valence-electron chi connectivity index (χ3n) is 4.22. The zero-order valence-electron chi connectivity index (χ0n) is 17.2. The molecule has 1 unspecified atom stereocenters. The number of benzene rings is 1. The minimum absolute atomic E-state index is 0.0355. The molecule has 0 fully saturated rings. The van der Waals surface area contributed by atoms with E-state index in [1.165, 1.54) is 12.1 Å². The van der Waals surface area contributed by atoms with Gasteiger partial charge in [-0.1, -0.05) is 41.7 Å². The number of alkyl halides is 3. The van der Waals surface area contributed by atoms with Crippen LogP contribution in [0.25, 0.3) is 0 Å². The average molecular weight is 526 g/mol. The van der Waals surface area contributed by atoms with E-state index in [9.17, 15) is 13.2 Å². The summed E-state index contributed by atoms with van der Waals surface area (Å²) in [5.74, 6) is 0.886. The molecular formula is C21H18Cl3F3N2O4. The molecule has 0 spiro atoms. The number of halogens is 6. The van der Waals surface area contributed by atoms with Crippen LogP contribution in [0.3, 0.4) is 0 Å². The van der Waals surface area contributed by atoms with Crippen molar-refractivity contribution in [3.05, 3.63) is 57.2 Å². The second-order valence-corrected chi connectivity index (χ2v) is 7.99. The lowest BCUT2D eigenvalue weighted by molar-refractivity contribution is -0.137. The molecule has 1 aromatic carbocycles. The van der Waals surface area contributed by atoms with E-state index >= 15 is 0 Å². The predicted octanol–water partition coefficient (Wildman–Crippen LogP) is 6.42. The monoisotopic (exact) mass is 524 g/mol. The van der Waals surface area contributed by atoms with Crippen molar-refractivity contribution in [2.24, 2.45) is 4.99 Å². The van der Waals surface area contributed by atoms with E-state index < -0.39 is 18.0 Å². The molecule has 0 saturated heterocycles. The molecule has 0 radical (unpaired) electrons. The molecule has 0 aliphatic carbocycles. The van der Waals surface area contributed by atoms with E-state index in [0.29, 0.717) is 43.0 Å². The van der Waals surface area contributed by atoms with Gasteiger partial charge in [-0.2, -0.15) is 13.2 Å². The Bertz CT molecular complexity index is 1030. The predicted molar refractivity (Wildman–Crippen MR) is 119 cm³/mol. The fourth-order valence-corrected chi connectivity index (χ4v) is 3.08. The smallest absolute Gasteiger partial charge is 0.417 e. The Morgan fingerprint density at radius 1 is 1.24 bits per heavy atom. The fraction of sp³-hybridized carbons (Fsp3) is 0.333. The molecule has 0 amide bonds. The van der Waals surface area contributed by atoms with Crippen LogP contribution in [0.4, 0.5) is 13.2 Å². The number of aromatic nitrogens is 1. The number of hydrogen-bond acceptors (Lipinski definition) is 6. The highest BCUT2D eigenvalue weighted by molar-refractivity contribution is 6.55. The summed E-state index contributed by atoms with van der Waals surface area (Å²) in [6, 6.07) is 5.15. The first-order valence-corrected chi connectivity index (χ1v) is 10.8. The fourth-order valence-electron chi connectivity index (χ4n) is 2.70. The maximum Gasteiger partial charge on any atom is 0.417 e. The molecule has 1 aliphatic heterocycles. The van der Waals surface area contributed by atoms with E-state index in [4.69, 9.17) is 53.8 Å². The van der Waals surface area contributed by atoms with Gasteiger partial charge in [0.1, 0.15) is 23.5 Å². The zero-order chi connectivity index (χ0) is 24.0. The normalized spacial score (nSPS) is 14.2. The standard InChI is InChI=1S/C21H18Cl3F3N2O4/c1-2-18(32-17-4-3-12(11-29-17)21(25,26)27)33-19-14(20-28-6-8-31-20)9-13(10-15(19)22)30-7-5-16(23)24/h3-5,9-11,18H,2,6-8H2,1H3. The quantitative estimate of drug-likeness (QED) is 0.354. The zero-order valence-corrected chi connectivity index (χ0v) is 19.4. The van der Waals surface area contributed by atoms with Crippen LogP contribution in [0.5, 0.6) is 17.4 Å². The van der Waals surface area contributed by atoms with Gasteiger partial charge in [-0.15, -0.1) is 0 Å². The van der Waals surface area contributed by atoms with Gasteiger partial charge in [-0.3, -0.25) is 0 Å². The number of aliphatic imine (C=N–C) groups is 1. The molecule has 1 aromatic heterocycles. The van der Waals surface area contributed by atoms with Crippen LogP contribution in [-0.2, 0) is 10.9 Å². The summed E-state index contributed by atoms with van der Waals surface area (Å²) in [7, 11) is 0. The maximum atomic E-state index is 12.8. The number of nitrogens with zero attached hydrogens (tertiary/aromatic N) is 2. The lowest BCUT2D eigenvalue weighted by atomic mass is 10.2. The Morgan fingerprint density at radius 3 is 2.61 bits per heavy atom. The van der Waals surface area contributed by atoms with Crippen LogP contribution >= 0.6 is 34.8 Å². The van der Waals surface area contributed by atoms with Crippen molar-refractivity contribution in [3.63, 3.8) is 0 Å². The molecule has 178 valence electrons. The summed E-state index contributed by atoms with van der Waals surface area (Å²) in [6.45, 7) is 2.73. The van der Waals surface area contributed by atoms with Crippen LogP contribution in [0, 0.1) is 0 Å². The van der Waals surface area contributed by atoms with Crippen molar-refractivity contribution >= 4 is 40.7 Å². The van der Waals surface area contributed by atoms with Gasteiger partial charge in [0, 0.05) is 24.8 Å². The maximum absolute atomic E-state index is 12.8. The first-order chi connectivity index (χ1) is 15.7. The third kappa shape index (κ3) is 7.06. The number of rotatable bonds is 9. The number of hydrogen-bond donors (Lipinski definition) is 0. The molecule has 33 heavy (non-hydrogen) atoms. The first kappa shape index (κ1) is 25.3. The Labute approximate surface area is 202 Å². The molecule has 0 N–H and O–H groups in total. The van der Waals surface area contributed by atoms with Gasteiger partial charge in [0.2, 0.25) is 18.1 Å². The van der Waals surface area contributed by atoms with E-state index in [0.717, 1.165) is 12.1 Å². The minimum atomic E-state index is -4.49. The molecule has 2 aromatic rings. The van der Waals surface area contributed by atoms with Crippen LogP contribution in [0.2, 0.25) is 5.02 Å². The largest absolute Gasteiger partial charge is 0.489 e. The molecule has 0 saturated carbocycles. The molecule has 2 heterocycles. The molecule has 0 bridgehead atoms. The van der Waals surface area contributed by atoms with Gasteiger partial charge in [0.15, 0.2) is 5.75 Å². The van der Waals surface area contributed by atoms with Gasteiger partial charge in [0.05, 0.1) is 22.7 Å². The van der Waals surface area contributed by atoms with Gasteiger partial charge in [-0.05, 0) is 18.2 Å². The summed E-state index contributed by atoms with van der Waals surface area (Å²) in [5.41, 5.74) is -0.454. The van der Waals surface area contributed by atoms with Crippen molar-refractivity contribution in [3.8, 4) is 17.4 Å². The van der Waals surface area contributed by atoms with Crippen molar-refractivity contribution in [2.75, 3.05) is 19.8 Å². The van der Waals surface area contributed by atoms with E-state index in [2.05, 4.69) is 9.98 Å². The van der Waals surface area contributed by atoms with Crippen LogP contribution in [0.15, 0.2) is 46.0 Å². The SMILES string of the molecule is CCC(Oc1ccc(C(F)(F)F)cn1)Oc1c(Cl)cc(OCC=C(Cl)Cl)cc1C1=NCCO1. The van der Waals surface area contributed by atoms with E-state index in [-0.39, 0.29) is 27.8 Å². The lowest BCUT2D eigenvalue weighted by Crippen LogP contribution is -2.25. The Hall–Kier alpha value is -2.36. The second kappa shape index (κ2) is 11.2. The Morgan fingerprint density at radius 2 is 2.03 bits per heavy atom. The van der Waals surface area contributed by atoms with Gasteiger partial charge in [0.25, 0.3) is 0 Å². The molecule has 12 heteroatoms. The minimum Gasteiger partial charge on any atom is -0.489 e. The summed E-state index contributed by atoms with van der Waals surface area (Å²) in [6.07, 6.45) is -2.91. The molecule has 1 atom stereocenters. The van der Waals surface area contributed by atoms with E-state index in [1.54, 1.807) is 13.0 Å². The highest BCUT2D eigenvalue weighted by atomic mass is 35.5. The van der Waals surface area contributed by atoms with Crippen molar-refractivity contribution in [1.29, 1.82) is 0 Å². The number of ether oxygens (including phenoxy) is 4. The van der Waals surface area contributed by atoms with Gasteiger partial charge in [-0.25, -0.2) is 9.98 Å². The Kier molecular flexibility index (Phi) is 8.56. The number of pyridine rings is 1. The summed E-state index contributed by atoms with van der Waals surface area (Å²) in [4.78, 5) is 8.00. The first-order valence-electron chi connectivity index (χ1n) is 9.69. The topological polar surface area (TPSA) is 62.2 Å². The molecule has 1 aliphatic rings. The molecular weight excluding hydrogens is 508 g/mol. The Balaban J connectivity index is 1.83. The second-order valence-electron chi connectivity index (χ2n) is 6.58. The molecule has 3 rings (SSSR count). The average Bonchev–Trinajstić information content (AvgIpc) is 3.29. The summed E-state index contributed by atoms with van der Waals surface area (Å²) >= 11 is 17.6. The van der Waals surface area contributed by atoms with Gasteiger partial charge < -0.3 is 18.9 Å². The van der Waals surface area contributed by atoms with E-state index in [1.807, 2.05) is 0 Å². The highest BCUT2D eigenvalue weighted by Gasteiger charge is 2.31. The van der Waals surface area contributed by atoms with Crippen molar-refractivity contribution in [2.45, 2.75) is 25.8 Å².